The van der Waals surface area contributed by atoms with Crippen molar-refractivity contribution in [3.8, 4) is 11.5 Å². The molecule has 2 aromatic carbocycles. The van der Waals surface area contributed by atoms with Gasteiger partial charge in [0.05, 0.1) is 18.2 Å². The SMILES string of the molecule is CCOc1cc(CNn2c(CC)n[nH]c2=S)cc(Cl)c1OCc1c(Cl)cccc1Cl. The first-order valence-electron chi connectivity index (χ1n) is 9.35. The number of halogens is 3. The highest BCUT2D eigenvalue weighted by molar-refractivity contribution is 7.71. The van der Waals surface area contributed by atoms with E-state index >= 15 is 0 Å². The molecule has 30 heavy (non-hydrogen) atoms. The summed E-state index contributed by atoms with van der Waals surface area (Å²) in [5, 5.41) is 8.44. The molecule has 2 N–H and O–H groups in total. The number of rotatable bonds is 9. The first-order valence-corrected chi connectivity index (χ1v) is 10.9. The van der Waals surface area contributed by atoms with E-state index in [-0.39, 0.29) is 6.61 Å². The van der Waals surface area contributed by atoms with Gasteiger partial charge in [0.2, 0.25) is 4.77 Å². The first-order chi connectivity index (χ1) is 14.4. The maximum Gasteiger partial charge on any atom is 0.214 e. The first kappa shape index (κ1) is 22.7. The zero-order valence-corrected chi connectivity index (χ0v) is 19.6. The van der Waals surface area contributed by atoms with E-state index < -0.39 is 0 Å². The van der Waals surface area contributed by atoms with Crippen LogP contribution in [0.25, 0.3) is 0 Å². The Bertz CT molecular complexity index is 1060. The molecular formula is C20H21Cl3N4O2S. The third kappa shape index (κ3) is 5.21. The van der Waals surface area contributed by atoms with Crippen LogP contribution >= 0.6 is 47.0 Å². The van der Waals surface area contributed by atoms with E-state index in [1.165, 1.54) is 0 Å². The molecule has 0 saturated heterocycles. The topological polar surface area (TPSA) is 64.1 Å². The highest BCUT2D eigenvalue weighted by atomic mass is 35.5. The number of nitrogens with zero attached hydrogens (tertiary/aromatic N) is 2. The molecule has 0 aliphatic carbocycles. The van der Waals surface area contributed by atoms with Crippen molar-refractivity contribution in [2.45, 2.75) is 33.4 Å². The zero-order valence-electron chi connectivity index (χ0n) is 16.5. The smallest absolute Gasteiger partial charge is 0.214 e. The summed E-state index contributed by atoms with van der Waals surface area (Å²) in [6.45, 7) is 5.00. The normalized spacial score (nSPS) is 10.8. The molecule has 3 rings (SSSR count). The van der Waals surface area contributed by atoms with Crippen LogP contribution in [0.3, 0.4) is 0 Å². The summed E-state index contributed by atoms with van der Waals surface area (Å²) in [6.07, 6.45) is 0.739. The molecule has 0 bridgehead atoms. The predicted molar refractivity (Wildman–Crippen MR) is 123 cm³/mol. The summed E-state index contributed by atoms with van der Waals surface area (Å²) in [5.74, 6) is 1.79. The second kappa shape index (κ2) is 10.4. The van der Waals surface area contributed by atoms with Crippen molar-refractivity contribution in [2.75, 3.05) is 12.0 Å². The minimum Gasteiger partial charge on any atom is -0.490 e. The van der Waals surface area contributed by atoms with Crippen LogP contribution in [0.5, 0.6) is 11.5 Å². The van der Waals surface area contributed by atoms with Crippen LogP contribution in [0.1, 0.15) is 30.8 Å². The molecule has 0 radical (unpaired) electrons. The largest absolute Gasteiger partial charge is 0.490 e. The molecule has 6 nitrogen and oxygen atoms in total. The van der Waals surface area contributed by atoms with Gasteiger partial charge in [-0.1, -0.05) is 47.8 Å². The van der Waals surface area contributed by atoms with Crippen LogP contribution in [0.4, 0.5) is 0 Å². The molecule has 0 spiro atoms. The summed E-state index contributed by atoms with van der Waals surface area (Å²) in [5.41, 5.74) is 4.83. The molecule has 160 valence electrons. The van der Waals surface area contributed by atoms with Crippen LogP contribution in [0.15, 0.2) is 30.3 Å². The van der Waals surface area contributed by atoms with E-state index in [1.54, 1.807) is 22.9 Å². The lowest BCUT2D eigenvalue weighted by atomic mass is 10.2. The number of aromatic amines is 1. The summed E-state index contributed by atoms with van der Waals surface area (Å²) in [6, 6.07) is 9.00. The number of aromatic nitrogens is 3. The average Bonchev–Trinajstić information content (AvgIpc) is 3.07. The van der Waals surface area contributed by atoms with Crippen LogP contribution in [-0.4, -0.2) is 21.5 Å². The van der Waals surface area contributed by atoms with E-state index in [0.717, 1.165) is 17.8 Å². The third-order valence-electron chi connectivity index (χ3n) is 4.29. The molecule has 0 amide bonds. The fourth-order valence-electron chi connectivity index (χ4n) is 2.84. The molecule has 0 saturated carbocycles. The van der Waals surface area contributed by atoms with Crippen LogP contribution in [0, 0.1) is 4.77 Å². The Morgan fingerprint density at radius 3 is 2.50 bits per heavy atom. The van der Waals surface area contributed by atoms with Gasteiger partial charge in [-0.3, -0.25) is 5.10 Å². The van der Waals surface area contributed by atoms with Crippen molar-refractivity contribution < 1.29 is 9.47 Å². The van der Waals surface area contributed by atoms with Gasteiger partial charge < -0.3 is 14.9 Å². The zero-order chi connectivity index (χ0) is 21.7. The quantitative estimate of drug-likeness (QED) is 0.353. The molecule has 0 aliphatic rings. The van der Waals surface area contributed by atoms with Gasteiger partial charge in [0.25, 0.3) is 0 Å². The number of ether oxygens (including phenoxy) is 2. The molecule has 0 atom stereocenters. The Kier molecular flexibility index (Phi) is 7.88. The maximum absolute atomic E-state index is 6.52. The predicted octanol–water partition coefficient (Wildman–Crippen LogP) is 6.18. The van der Waals surface area contributed by atoms with Gasteiger partial charge >= 0.3 is 0 Å². The van der Waals surface area contributed by atoms with E-state index in [1.807, 2.05) is 26.0 Å². The molecule has 0 aliphatic heterocycles. The van der Waals surface area contributed by atoms with E-state index in [0.29, 0.717) is 50.1 Å². The Morgan fingerprint density at radius 1 is 1.10 bits per heavy atom. The Balaban J connectivity index is 1.81. The highest BCUT2D eigenvalue weighted by Crippen LogP contribution is 2.38. The Hall–Kier alpha value is -1.93. The van der Waals surface area contributed by atoms with E-state index in [9.17, 15) is 0 Å². The van der Waals surface area contributed by atoms with E-state index in [4.69, 9.17) is 56.5 Å². The molecule has 0 unspecified atom stereocenters. The summed E-state index contributed by atoms with van der Waals surface area (Å²) in [7, 11) is 0. The van der Waals surface area contributed by atoms with Crippen molar-refractivity contribution in [1.29, 1.82) is 0 Å². The number of hydrogen-bond acceptors (Lipinski definition) is 5. The number of nitrogens with one attached hydrogen (secondary N) is 2. The molecule has 10 heteroatoms. The standard InChI is InChI=1S/C20H21Cl3N4O2S/c1-3-18-25-26-20(30)27(18)24-10-12-8-16(23)19(17(9-12)28-4-2)29-11-13-14(21)6-5-7-15(13)22/h5-9,24H,3-4,10-11H2,1-2H3,(H,26,30). The van der Waals surface area contributed by atoms with Crippen LogP contribution < -0.4 is 14.9 Å². The molecule has 3 aromatic rings. The fourth-order valence-corrected chi connectivity index (χ4v) is 3.85. The van der Waals surface area contributed by atoms with Crippen molar-refractivity contribution in [1.82, 2.24) is 14.9 Å². The number of H-pyrrole nitrogens is 1. The summed E-state index contributed by atoms with van der Waals surface area (Å²) < 4.78 is 14.0. The number of benzene rings is 2. The summed E-state index contributed by atoms with van der Waals surface area (Å²) in [4.78, 5) is 0. The maximum atomic E-state index is 6.52. The monoisotopic (exact) mass is 486 g/mol. The van der Waals surface area contributed by atoms with Crippen molar-refractivity contribution in [3.05, 3.63) is 67.1 Å². The van der Waals surface area contributed by atoms with Crippen LogP contribution in [-0.2, 0) is 19.6 Å². The highest BCUT2D eigenvalue weighted by Gasteiger charge is 2.15. The van der Waals surface area contributed by atoms with Gasteiger partial charge in [-0.15, -0.1) is 0 Å². The molecular weight excluding hydrogens is 467 g/mol. The lowest BCUT2D eigenvalue weighted by Crippen LogP contribution is -2.17. The van der Waals surface area contributed by atoms with Gasteiger partial charge in [-0.25, -0.2) is 4.68 Å². The molecule has 0 fully saturated rings. The fraction of sp³-hybridized carbons (Fsp3) is 0.300. The van der Waals surface area contributed by atoms with Crippen LogP contribution in [0.2, 0.25) is 15.1 Å². The van der Waals surface area contributed by atoms with Gasteiger partial charge in [0.15, 0.2) is 17.3 Å². The second-order valence-electron chi connectivity index (χ2n) is 6.30. The van der Waals surface area contributed by atoms with Crippen molar-refractivity contribution in [3.63, 3.8) is 0 Å². The molecule has 1 aromatic heterocycles. The van der Waals surface area contributed by atoms with Crippen molar-refractivity contribution in [2.24, 2.45) is 0 Å². The van der Waals surface area contributed by atoms with Gasteiger partial charge in [-0.05, 0) is 49.0 Å². The van der Waals surface area contributed by atoms with Gasteiger partial charge in [-0.2, -0.15) is 5.10 Å². The van der Waals surface area contributed by atoms with Gasteiger partial charge in [0, 0.05) is 22.0 Å². The number of hydrogen-bond donors (Lipinski definition) is 2. The lowest BCUT2D eigenvalue weighted by Gasteiger charge is -2.17. The van der Waals surface area contributed by atoms with Crippen molar-refractivity contribution >= 4 is 47.0 Å². The Morgan fingerprint density at radius 2 is 1.83 bits per heavy atom. The van der Waals surface area contributed by atoms with Gasteiger partial charge in [0.1, 0.15) is 6.61 Å². The number of aryl methyl sites for hydroxylation is 1. The summed E-state index contributed by atoms with van der Waals surface area (Å²) >= 11 is 24.2. The average molecular weight is 488 g/mol. The Labute approximate surface area is 195 Å². The minimum atomic E-state index is 0.167. The molecule has 1 heterocycles. The second-order valence-corrected chi connectivity index (χ2v) is 7.90. The minimum absolute atomic E-state index is 0.167. The van der Waals surface area contributed by atoms with E-state index in [2.05, 4.69) is 15.6 Å². The lowest BCUT2D eigenvalue weighted by molar-refractivity contribution is 0.269. The third-order valence-corrected chi connectivity index (χ3v) is 5.55.